The lowest BCUT2D eigenvalue weighted by Gasteiger charge is -2.15. The normalized spacial score (nSPS) is 12.2. The Labute approximate surface area is 110 Å². The minimum absolute atomic E-state index is 0.0136. The quantitative estimate of drug-likeness (QED) is 0.915. The molecule has 0 bridgehead atoms. The molecule has 1 N–H and O–H groups in total. The second-order valence-electron chi connectivity index (χ2n) is 3.62. The van der Waals surface area contributed by atoms with E-state index in [4.69, 9.17) is 23.2 Å². The van der Waals surface area contributed by atoms with Crippen molar-refractivity contribution < 1.29 is 0 Å². The summed E-state index contributed by atoms with van der Waals surface area (Å²) in [4.78, 5) is 8.25. The maximum atomic E-state index is 6.07. The number of rotatable bonds is 3. The Hall–Kier alpha value is -1.32. The van der Waals surface area contributed by atoms with Crippen molar-refractivity contribution in [2.75, 3.05) is 5.32 Å². The van der Waals surface area contributed by atoms with Gasteiger partial charge in [-0.2, -0.15) is 0 Å². The van der Waals surface area contributed by atoms with Crippen LogP contribution in [-0.4, -0.2) is 9.97 Å². The van der Waals surface area contributed by atoms with Gasteiger partial charge in [-0.25, -0.2) is 0 Å². The second kappa shape index (κ2) is 5.34. The highest BCUT2D eigenvalue weighted by Crippen LogP contribution is 2.28. The largest absolute Gasteiger partial charge is 0.376 e. The van der Waals surface area contributed by atoms with Crippen LogP contribution in [-0.2, 0) is 0 Å². The maximum Gasteiger partial charge on any atom is 0.0806 e. The van der Waals surface area contributed by atoms with Gasteiger partial charge < -0.3 is 5.32 Å². The first-order chi connectivity index (χ1) is 8.16. The van der Waals surface area contributed by atoms with Crippen molar-refractivity contribution in [2.24, 2.45) is 0 Å². The van der Waals surface area contributed by atoms with Crippen molar-refractivity contribution in [3.8, 4) is 0 Å². The highest BCUT2D eigenvalue weighted by atomic mass is 35.5. The zero-order chi connectivity index (χ0) is 12.3. The molecule has 17 heavy (non-hydrogen) atoms. The molecule has 1 unspecified atom stereocenters. The van der Waals surface area contributed by atoms with Crippen molar-refractivity contribution in [1.29, 1.82) is 0 Å². The van der Waals surface area contributed by atoms with E-state index in [1.165, 1.54) is 0 Å². The van der Waals surface area contributed by atoms with Gasteiger partial charge in [-0.05, 0) is 25.1 Å². The summed E-state index contributed by atoms with van der Waals surface area (Å²) in [6, 6.07) is 5.31. The Morgan fingerprint density at radius 2 is 2.06 bits per heavy atom. The summed E-state index contributed by atoms with van der Waals surface area (Å²) in [5, 5.41) is 4.52. The van der Waals surface area contributed by atoms with Crippen molar-refractivity contribution in [3.63, 3.8) is 0 Å². The highest BCUT2D eigenvalue weighted by molar-refractivity contribution is 6.35. The van der Waals surface area contributed by atoms with Crippen LogP contribution in [0.2, 0.25) is 10.0 Å². The van der Waals surface area contributed by atoms with Crippen molar-refractivity contribution in [1.82, 2.24) is 9.97 Å². The van der Waals surface area contributed by atoms with E-state index in [1.807, 2.05) is 6.92 Å². The van der Waals surface area contributed by atoms with Crippen LogP contribution in [0, 0.1) is 0 Å². The molecule has 3 nitrogen and oxygen atoms in total. The first kappa shape index (κ1) is 12.1. The molecule has 1 aromatic heterocycles. The Balaban J connectivity index is 2.18. The molecular formula is C12H11Cl2N3. The summed E-state index contributed by atoms with van der Waals surface area (Å²) in [6.45, 7) is 1.99. The third-order valence-corrected chi connectivity index (χ3v) is 2.89. The summed E-state index contributed by atoms with van der Waals surface area (Å²) < 4.78 is 0. The molecule has 88 valence electrons. The Morgan fingerprint density at radius 3 is 2.76 bits per heavy atom. The van der Waals surface area contributed by atoms with Gasteiger partial charge in [-0.1, -0.05) is 23.2 Å². The SMILES string of the molecule is CC(Nc1cc(Cl)ccc1Cl)c1cnccn1. The van der Waals surface area contributed by atoms with E-state index < -0.39 is 0 Å². The molecule has 0 amide bonds. The molecule has 1 atom stereocenters. The molecule has 1 aromatic carbocycles. The van der Waals surface area contributed by atoms with Gasteiger partial charge in [-0.3, -0.25) is 9.97 Å². The van der Waals surface area contributed by atoms with Crippen LogP contribution in [0.3, 0.4) is 0 Å². The van der Waals surface area contributed by atoms with Gasteiger partial charge in [-0.15, -0.1) is 0 Å². The first-order valence-corrected chi connectivity index (χ1v) is 5.90. The molecule has 2 rings (SSSR count). The minimum atomic E-state index is 0.0136. The molecule has 0 aliphatic carbocycles. The molecule has 5 heteroatoms. The molecule has 0 aliphatic rings. The van der Waals surface area contributed by atoms with Gasteiger partial charge >= 0.3 is 0 Å². The monoisotopic (exact) mass is 267 g/mol. The molecule has 0 radical (unpaired) electrons. The average Bonchev–Trinajstić information content (AvgIpc) is 2.35. The smallest absolute Gasteiger partial charge is 0.0806 e. The first-order valence-electron chi connectivity index (χ1n) is 5.14. The fourth-order valence-corrected chi connectivity index (χ4v) is 1.79. The van der Waals surface area contributed by atoms with Gasteiger partial charge in [0.2, 0.25) is 0 Å². The van der Waals surface area contributed by atoms with Gasteiger partial charge in [0, 0.05) is 17.4 Å². The van der Waals surface area contributed by atoms with Crippen LogP contribution >= 0.6 is 23.2 Å². The lowest BCUT2D eigenvalue weighted by molar-refractivity contribution is 0.827. The van der Waals surface area contributed by atoms with Gasteiger partial charge in [0.25, 0.3) is 0 Å². The fraction of sp³-hybridized carbons (Fsp3) is 0.167. The number of anilines is 1. The highest BCUT2D eigenvalue weighted by Gasteiger charge is 2.09. The number of aromatic nitrogens is 2. The van der Waals surface area contributed by atoms with Crippen LogP contribution in [0.4, 0.5) is 5.69 Å². The van der Waals surface area contributed by atoms with Crippen LogP contribution in [0.15, 0.2) is 36.8 Å². The Bertz CT molecular complexity index is 502. The van der Waals surface area contributed by atoms with E-state index in [-0.39, 0.29) is 6.04 Å². The number of hydrogen-bond donors (Lipinski definition) is 1. The summed E-state index contributed by atoms with van der Waals surface area (Å²) in [5.74, 6) is 0. The fourth-order valence-electron chi connectivity index (χ4n) is 1.45. The maximum absolute atomic E-state index is 6.07. The Kier molecular flexibility index (Phi) is 3.82. The summed E-state index contributed by atoms with van der Waals surface area (Å²) in [6.07, 6.45) is 5.02. The molecule has 0 aliphatic heterocycles. The zero-order valence-corrected chi connectivity index (χ0v) is 10.7. The van der Waals surface area contributed by atoms with E-state index in [1.54, 1.807) is 36.8 Å². The number of halogens is 2. The predicted octanol–water partition coefficient (Wildman–Crippen LogP) is 3.96. The van der Waals surface area contributed by atoms with Crippen LogP contribution in [0.5, 0.6) is 0 Å². The summed E-state index contributed by atoms with van der Waals surface area (Å²) in [5.41, 5.74) is 1.64. The molecule has 0 spiro atoms. The van der Waals surface area contributed by atoms with Gasteiger partial charge in [0.1, 0.15) is 0 Å². The Morgan fingerprint density at radius 1 is 1.24 bits per heavy atom. The molecule has 0 fully saturated rings. The number of nitrogens with zero attached hydrogens (tertiary/aromatic N) is 2. The average molecular weight is 268 g/mol. The topological polar surface area (TPSA) is 37.8 Å². The van der Waals surface area contributed by atoms with E-state index >= 15 is 0 Å². The number of benzene rings is 1. The second-order valence-corrected chi connectivity index (χ2v) is 4.46. The lowest BCUT2D eigenvalue weighted by atomic mass is 10.2. The molecule has 0 saturated heterocycles. The van der Waals surface area contributed by atoms with E-state index in [2.05, 4.69) is 15.3 Å². The van der Waals surface area contributed by atoms with Crippen LogP contribution in [0.25, 0.3) is 0 Å². The van der Waals surface area contributed by atoms with Crippen LogP contribution < -0.4 is 5.32 Å². The van der Waals surface area contributed by atoms with E-state index in [0.29, 0.717) is 10.0 Å². The van der Waals surface area contributed by atoms with Crippen molar-refractivity contribution in [2.45, 2.75) is 13.0 Å². The standard InChI is InChI=1S/C12H11Cl2N3/c1-8(12-7-15-4-5-16-12)17-11-6-9(13)2-3-10(11)14/h2-8,17H,1H3. The molecular weight excluding hydrogens is 257 g/mol. The van der Waals surface area contributed by atoms with Gasteiger partial charge in [0.15, 0.2) is 0 Å². The molecule has 2 aromatic rings. The predicted molar refractivity (Wildman–Crippen MR) is 70.5 cm³/mol. The van der Waals surface area contributed by atoms with Crippen molar-refractivity contribution in [3.05, 3.63) is 52.5 Å². The number of hydrogen-bond acceptors (Lipinski definition) is 3. The third-order valence-electron chi connectivity index (χ3n) is 2.33. The summed E-state index contributed by atoms with van der Waals surface area (Å²) in [7, 11) is 0. The lowest BCUT2D eigenvalue weighted by Crippen LogP contribution is -2.08. The third kappa shape index (κ3) is 3.08. The van der Waals surface area contributed by atoms with Gasteiger partial charge in [0.05, 0.1) is 28.6 Å². The summed E-state index contributed by atoms with van der Waals surface area (Å²) >= 11 is 12.0. The van der Waals surface area contributed by atoms with Crippen molar-refractivity contribution >= 4 is 28.9 Å². The van der Waals surface area contributed by atoms with Crippen LogP contribution in [0.1, 0.15) is 18.7 Å². The molecule has 0 saturated carbocycles. The van der Waals surface area contributed by atoms with E-state index in [0.717, 1.165) is 11.4 Å². The number of nitrogens with one attached hydrogen (secondary N) is 1. The minimum Gasteiger partial charge on any atom is -0.376 e. The zero-order valence-electron chi connectivity index (χ0n) is 9.19. The molecule has 1 heterocycles. The van der Waals surface area contributed by atoms with E-state index in [9.17, 15) is 0 Å².